The molecule has 0 aliphatic rings. The summed E-state index contributed by atoms with van der Waals surface area (Å²) in [6.45, 7) is 11.3. The monoisotopic (exact) mass is 433 g/mol. The van der Waals surface area contributed by atoms with Gasteiger partial charge in [0.05, 0.1) is 30.9 Å². The third-order valence-corrected chi connectivity index (χ3v) is 5.20. The van der Waals surface area contributed by atoms with Crippen LogP contribution in [0.4, 0.5) is 0 Å². The van der Waals surface area contributed by atoms with Crippen molar-refractivity contribution in [2.75, 3.05) is 26.4 Å². The molecule has 0 aromatic heterocycles. The highest BCUT2D eigenvalue weighted by atomic mass is 35.5. The molecule has 164 valence electrons. The van der Waals surface area contributed by atoms with E-state index in [-0.39, 0.29) is 17.9 Å². The Labute approximate surface area is 184 Å². The average Bonchev–Trinajstić information content (AvgIpc) is 2.73. The van der Waals surface area contributed by atoms with Crippen LogP contribution in [0.25, 0.3) is 0 Å². The van der Waals surface area contributed by atoms with Crippen molar-refractivity contribution >= 4 is 17.4 Å². The number of hydrogen-bond donors (Lipinski definition) is 1. The lowest BCUT2D eigenvalue weighted by atomic mass is 10.0. The van der Waals surface area contributed by atoms with Gasteiger partial charge in [-0.2, -0.15) is 0 Å². The first-order chi connectivity index (χ1) is 14.4. The number of ketones is 1. The first kappa shape index (κ1) is 24.2. The Hall–Kier alpha value is -2.08. The van der Waals surface area contributed by atoms with Crippen molar-refractivity contribution in [1.29, 1.82) is 0 Å². The van der Waals surface area contributed by atoms with E-state index in [1.54, 1.807) is 0 Å². The van der Waals surface area contributed by atoms with Gasteiger partial charge in [-0.15, -0.1) is 0 Å². The molecule has 0 fully saturated rings. The lowest BCUT2D eigenvalue weighted by Gasteiger charge is -2.22. The van der Waals surface area contributed by atoms with Crippen molar-refractivity contribution in [3.63, 3.8) is 0 Å². The molecule has 5 nitrogen and oxygen atoms in total. The van der Waals surface area contributed by atoms with Gasteiger partial charge in [0.1, 0.15) is 11.3 Å². The highest BCUT2D eigenvalue weighted by Crippen LogP contribution is 2.41. The van der Waals surface area contributed by atoms with Gasteiger partial charge in [0, 0.05) is 12.6 Å². The zero-order valence-corrected chi connectivity index (χ0v) is 19.2. The van der Waals surface area contributed by atoms with Crippen molar-refractivity contribution in [1.82, 2.24) is 5.32 Å². The largest absolute Gasteiger partial charge is 0.493 e. The van der Waals surface area contributed by atoms with Crippen LogP contribution in [0, 0.1) is 0 Å². The maximum atomic E-state index is 12.2. The quantitative estimate of drug-likeness (QED) is 0.340. The molecule has 6 heteroatoms. The van der Waals surface area contributed by atoms with Crippen molar-refractivity contribution in [3.8, 4) is 11.5 Å². The summed E-state index contributed by atoms with van der Waals surface area (Å²) in [6, 6.07) is 11.9. The first-order valence-corrected chi connectivity index (χ1v) is 10.8. The Morgan fingerprint density at radius 3 is 2.37 bits per heavy atom. The smallest absolute Gasteiger partial charge is 0.167 e. The predicted octanol–water partition coefficient (Wildman–Crippen LogP) is 5.77. The third kappa shape index (κ3) is 6.21. The summed E-state index contributed by atoms with van der Waals surface area (Å²) in [5.74, 6) is 0.741. The maximum absolute atomic E-state index is 12.2. The third-order valence-electron chi connectivity index (χ3n) is 4.81. The van der Waals surface area contributed by atoms with E-state index in [0.29, 0.717) is 48.5 Å². The van der Waals surface area contributed by atoms with Crippen LogP contribution in [0.2, 0.25) is 5.02 Å². The summed E-state index contributed by atoms with van der Waals surface area (Å²) in [7, 11) is 0. The Kier molecular flexibility index (Phi) is 9.63. The second kappa shape index (κ2) is 11.9. The summed E-state index contributed by atoms with van der Waals surface area (Å²) >= 11 is 6.64. The van der Waals surface area contributed by atoms with Crippen molar-refractivity contribution < 1.29 is 19.0 Å². The fraction of sp³-hybridized carbons (Fsp3) is 0.458. The van der Waals surface area contributed by atoms with Crippen LogP contribution in [0.5, 0.6) is 11.5 Å². The molecular weight excluding hydrogens is 402 g/mol. The van der Waals surface area contributed by atoms with E-state index >= 15 is 0 Å². The van der Waals surface area contributed by atoms with E-state index < -0.39 is 0 Å². The Balaban J connectivity index is 2.10. The van der Waals surface area contributed by atoms with Gasteiger partial charge in [0.15, 0.2) is 11.5 Å². The number of nitrogens with one attached hydrogen (secondary N) is 1. The van der Waals surface area contributed by atoms with Crippen LogP contribution in [-0.2, 0) is 4.74 Å². The molecule has 2 aromatic carbocycles. The summed E-state index contributed by atoms with van der Waals surface area (Å²) in [6.07, 6.45) is 0.0239. The summed E-state index contributed by atoms with van der Waals surface area (Å²) in [5.41, 5.74) is 2.36. The van der Waals surface area contributed by atoms with Gasteiger partial charge in [0.2, 0.25) is 0 Å². The van der Waals surface area contributed by atoms with Gasteiger partial charge >= 0.3 is 0 Å². The SMILES string of the molecule is CCOc1cc([C@@H](C)NCCO[C@@H](C)c2ccccc2)c(Cl)c(OCC)c1C(C)=O. The van der Waals surface area contributed by atoms with E-state index in [0.717, 1.165) is 11.1 Å². The molecule has 2 atom stereocenters. The summed E-state index contributed by atoms with van der Waals surface area (Å²) in [4.78, 5) is 12.2. The number of Topliss-reactive ketones (excluding diaryl/α,β-unsaturated/α-hetero) is 1. The van der Waals surface area contributed by atoms with E-state index in [1.165, 1.54) is 6.92 Å². The van der Waals surface area contributed by atoms with E-state index in [9.17, 15) is 4.79 Å². The van der Waals surface area contributed by atoms with Crippen molar-refractivity contribution in [2.45, 2.75) is 46.8 Å². The molecule has 2 rings (SSSR count). The normalized spacial score (nSPS) is 13.0. The van der Waals surface area contributed by atoms with Crippen LogP contribution < -0.4 is 14.8 Å². The van der Waals surface area contributed by atoms with E-state index in [1.807, 2.05) is 52.0 Å². The highest BCUT2D eigenvalue weighted by molar-refractivity contribution is 6.33. The molecule has 0 aliphatic heterocycles. The molecule has 0 saturated heterocycles. The molecule has 0 saturated carbocycles. The summed E-state index contributed by atoms with van der Waals surface area (Å²) in [5, 5.41) is 3.86. The number of ether oxygens (including phenoxy) is 3. The molecule has 0 radical (unpaired) electrons. The first-order valence-electron chi connectivity index (χ1n) is 10.4. The minimum Gasteiger partial charge on any atom is -0.493 e. The van der Waals surface area contributed by atoms with Crippen molar-refractivity contribution in [2.24, 2.45) is 0 Å². The standard InChI is InChI=1S/C24H32ClNO4/c1-6-28-21-15-20(23(25)24(29-7-2)22(21)17(4)27)16(3)26-13-14-30-18(5)19-11-9-8-10-12-19/h8-12,15-16,18,26H,6-7,13-14H2,1-5H3/t16-,18+/m1/s1. The van der Waals surface area contributed by atoms with E-state index in [4.69, 9.17) is 25.8 Å². The number of benzene rings is 2. The Morgan fingerprint density at radius 2 is 1.77 bits per heavy atom. The fourth-order valence-electron chi connectivity index (χ4n) is 3.27. The van der Waals surface area contributed by atoms with Gasteiger partial charge < -0.3 is 19.5 Å². The zero-order valence-electron chi connectivity index (χ0n) is 18.5. The maximum Gasteiger partial charge on any atom is 0.167 e. The summed E-state index contributed by atoms with van der Waals surface area (Å²) < 4.78 is 17.4. The fourth-order valence-corrected chi connectivity index (χ4v) is 3.64. The lowest BCUT2D eigenvalue weighted by molar-refractivity contribution is 0.0666. The van der Waals surface area contributed by atoms with Crippen LogP contribution in [-0.4, -0.2) is 32.1 Å². The van der Waals surface area contributed by atoms with Crippen LogP contribution in [0.3, 0.4) is 0 Å². The van der Waals surface area contributed by atoms with Crippen molar-refractivity contribution in [3.05, 3.63) is 58.1 Å². The Bertz CT molecular complexity index is 826. The highest BCUT2D eigenvalue weighted by Gasteiger charge is 2.24. The Morgan fingerprint density at radius 1 is 1.10 bits per heavy atom. The molecule has 0 unspecified atom stereocenters. The zero-order chi connectivity index (χ0) is 22.1. The lowest BCUT2D eigenvalue weighted by Crippen LogP contribution is -2.24. The van der Waals surface area contributed by atoms with Crippen LogP contribution >= 0.6 is 11.6 Å². The second-order valence-electron chi connectivity index (χ2n) is 7.00. The molecule has 0 bridgehead atoms. The predicted molar refractivity (Wildman–Crippen MR) is 121 cm³/mol. The number of halogens is 1. The molecule has 0 amide bonds. The molecule has 30 heavy (non-hydrogen) atoms. The number of hydrogen-bond acceptors (Lipinski definition) is 5. The minimum absolute atomic E-state index is 0.0239. The topological polar surface area (TPSA) is 56.8 Å². The average molecular weight is 434 g/mol. The second-order valence-corrected chi connectivity index (χ2v) is 7.38. The number of rotatable bonds is 12. The molecule has 1 N–H and O–H groups in total. The van der Waals surface area contributed by atoms with Gasteiger partial charge in [-0.05, 0) is 51.8 Å². The van der Waals surface area contributed by atoms with Crippen LogP contribution in [0.1, 0.15) is 68.2 Å². The van der Waals surface area contributed by atoms with Gasteiger partial charge in [-0.3, -0.25) is 4.79 Å². The molecule has 2 aromatic rings. The number of carbonyl (C=O) groups excluding carboxylic acids is 1. The molecule has 0 aliphatic carbocycles. The van der Waals surface area contributed by atoms with Gasteiger partial charge in [0.25, 0.3) is 0 Å². The van der Waals surface area contributed by atoms with Gasteiger partial charge in [-0.1, -0.05) is 41.9 Å². The van der Waals surface area contributed by atoms with E-state index in [2.05, 4.69) is 17.4 Å². The molecule has 0 spiro atoms. The minimum atomic E-state index is -0.140. The van der Waals surface area contributed by atoms with Gasteiger partial charge in [-0.25, -0.2) is 0 Å². The number of carbonyl (C=O) groups is 1. The molecule has 0 heterocycles. The van der Waals surface area contributed by atoms with Crippen LogP contribution in [0.15, 0.2) is 36.4 Å². The molecular formula is C24H32ClNO4.